The Labute approximate surface area is 87.0 Å². The van der Waals surface area contributed by atoms with Crippen molar-refractivity contribution in [2.45, 2.75) is 0 Å². The minimum absolute atomic E-state index is 0.393. The van der Waals surface area contributed by atoms with Gasteiger partial charge in [-0.2, -0.15) is 0 Å². The summed E-state index contributed by atoms with van der Waals surface area (Å²) in [6.45, 7) is 0. The van der Waals surface area contributed by atoms with Gasteiger partial charge in [0.15, 0.2) is 0 Å². The first kappa shape index (κ1) is 9.52. The summed E-state index contributed by atoms with van der Waals surface area (Å²) in [5.41, 5.74) is 0.807. The number of furan rings is 1. The first-order valence-corrected chi connectivity index (χ1v) is 4.54. The lowest BCUT2D eigenvalue weighted by Gasteiger charge is -1.87. The Balaban J connectivity index is 2.29. The Morgan fingerprint density at radius 1 is 1.40 bits per heavy atom. The summed E-state index contributed by atoms with van der Waals surface area (Å²) in [5, 5.41) is 1.02. The van der Waals surface area contributed by atoms with E-state index in [-0.39, 0.29) is 0 Å². The second kappa shape index (κ2) is 4.00. The molecule has 0 bridgehead atoms. The molecule has 0 aliphatic heterocycles. The maximum Gasteiger partial charge on any atom is 0.330 e. The molecule has 1 aromatic heterocycles. The standard InChI is InChI=1S/C12H10O3/c1-14-12(13)7-6-10-8-9-4-2-3-5-11(9)15-10/h2-8H,1H3. The summed E-state index contributed by atoms with van der Waals surface area (Å²) < 4.78 is 9.95. The molecule has 0 saturated heterocycles. The summed E-state index contributed by atoms with van der Waals surface area (Å²) >= 11 is 0. The highest BCUT2D eigenvalue weighted by atomic mass is 16.5. The quantitative estimate of drug-likeness (QED) is 0.555. The van der Waals surface area contributed by atoms with E-state index in [4.69, 9.17) is 4.42 Å². The Kier molecular flexibility index (Phi) is 2.54. The monoisotopic (exact) mass is 202 g/mol. The number of esters is 1. The van der Waals surface area contributed by atoms with Gasteiger partial charge in [0.2, 0.25) is 0 Å². The smallest absolute Gasteiger partial charge is 0.330 e. The van der Waals surface area contributed by atoms with Crippen LogP contribution < -0.4 is 0 Å². The molecule has 1 aromatic carbocycles. The molecular formula is C12H10O3. The van der Waals surface area contributed by atoms with Crippen molar-refractivity contribution < 1.29 is 13.9 Å². The van der Waals surface area contributed by atoms with Crippen LogP contribution in [0.1, 0.15) is 5.76 Å². The molecule has 76 valence electrons. The lowest BCUT2D eigenvalue weighted by molar-refractivity contribution is -0.134. The predicted octanol–water partition coefficient (Wildman–Crippen LogP) is 2.62. The van der Waals surface area contributed by atoms with Gasteiger partial charge < -0.3 is 9.15 Å². The molecule has 1 heterocycles. The third-order valence-corrected chi connectivity index (χ3v) is 2.03. The largest absolute Gasteiger partial charge is 0.466 e. The number of fused-ring (bicyclic) bond motifs is 1. The first-order chi connectivity index (χ1) is 7.29. The van der Waals surface area contributed by atoms with Crippen LogP contribution in [0.2, 0.25) is 0 Å². The van der Waals surface area contributed by atoms with E-state index >= 15 is 0 Å². The van der Waals surface area contributed by atoms with Crippen molar-refractivity contribution in [3.63, 3.8) is 0 Å². The number of methoxy groups -OCH3 is 1. The zero-order valence-electron chi connectivity index (χ0n) is 8.27. The van der Waals surface area contributed by atoms with Crippen LogP contribution in [-0.2, 0) is 9.53 Å². The van der Waals surface area contributed by atoms with Crippen LogP contribution in [-0.4, -0.2) is 13.1 Å². The number of hydrogen-bond donors (Lipinski definition) is 0. The van der Waals surface area contributed by atoms with Crippen molar-refractivity contribution in [2.24, 2.45) is 0 Å². The van der Waals surface area contributed by atoms with E-state index in [1.807, 2.05) is 30.3 Å². The van der Waals surface area contributed by atoms with Crippen LogP contribution in [0.4, 0.5) is 0 Å². The molecule has 2 aromatic rings. The minimum Gasteiger partial charge on any atom is -0.466 e. The van der Waals surface area contributed by atoms with Crippen molar-refractivity contribution in [3.8, 4) is 0 Å². The van der Waals surface area contributed by atoms with Gasteiger partial charge in [-0.05, 0) is 18.2 Å². The minimum atomic E-state index is -0.393. The fourth-order valence-corrected chi connectivity index (χ4v) is 1.30. The van der Waals surface area contributed by atoms with Crippen molar-refractivity contribution >= 4 is 23.0 Å². The molecule has 0 fully saturated rings. The van der Waals surface area contributed by atoms with Gasteiger partial charge >= 0.3 is 5.97 Å². The van der Waals surface area contributed by atoms with Crippen LogP contribution in [0.25, 0.3) is 17.0 Å². The van der Waals surface area contributed by atoms with E-state index in [0.717, 1.165) is 11.0 Å². The van der Waals surface area contributed by atoms with Gasteiger partial charge in [0.25, 0.3) is 0 Å². The zero-order valence-corrected chi connectivity index (χ0v) is 8.27. The van der Waals surface area contributed by atoms with Gasteiger partial charge in [-0.3, -0.25) is 0 Å². The Morgan fingerprint density at radius 2 is 2.20 bits per heavy atom. The lowest BCUT2D eigenvalue weighted by atomic mass is 10.2. The van der Waals surface area contributed by atoms with Gasteiger partial charge in [0.1, 0.15) is 11.3 Å². The highest BCUT2D eigenvalue weighted by molar-refractivity contribution is 5.88. The molecule has 0 atom stereocenters. The first-order valence-electron chi connectivity index (χ1n) is 4.54. The average Bonchev–Trinajstić information content (AvgIpc) is 2.68. The summed E-state index contributed by atoms with van der Waals surface area (Å²) in [6, 6.07) is 9.54. The summed E-state index contributed by atoms with van der Waals surface area (Å²) in [5.74, 6) is 0.247. The van der Waals surface area contributed by atoms with Crippen LogP contribution in [0, 0.1) is 0 Å². The van der Waals surface area contributed by atoms with E-state index in [2.05, 4.69) is 4.74 Å². The van der Waals surface area contributed by atoms with E-state index in [9.17, 15) is 4.79 Å². The predicted molar refractivity (Wildman–Crippen MR) is 57.3 cm³/mol. The van der Waals surface area contributed by atoms with Gasteiger partial charge in [0.05, 0.1) is 7.11 Å². The van der Waals surface area contributed by atoms with Crippen molar-refractivity contribution in [1.82, 2.24) is 0 Å². The highest BCUT2D eigenvalue weighted by Gasteiger charge is 2.00. The third-order valence-electron chi connectivity index (χ3n) is 2.03. The van der Waals surface area contributed by atoms with Gasteiger partial charge in [-0.15, -0.1) is 0 Å². The highest BCUT2D eigenvalue weighted by Crippen LogP contribution is 2.19. The lowest BCUT2D eigenvalue weighted by Crippen LogP contribution is -1.92. The van der Waals surface area contributed by atoms with Crippen LogP contribution in [0.5, 0.6) is 0 Å². The molecule has 0 spiro atoms. The maximum atomic E-state index is 10.8. The zero-order chi connectivity index (χ0) is 10.7. The van der Waals surface area contributed by atoms with E-state index in [0.29, 0.717) is 5.76 Å². The van der Waals surface area contributed by atoms with Crippen LogP contribution in [0.3, 0.4) is 0 Å². The topological polar surface area (TPSA) is 39.4 Å². The fourth-order valence-electron chi connectivity index (χ4n) is 1.30. The molecule has 0 N–H and O–H groups in total. The molecule has 0 unspecified atom stereocenters. The van der Waals surface area contributed by atoms with E-state index in [1.165, 1.54) is 13.2 Å². The van der Waals surface area contributed by atoms with Crippen molar-refractivity contribution in [2.75, 3.05) is 7.11 Å². The fraction of sp³-hybridized carbons (Fsp3) is 0.0833. The number of benzene rings is 1. The third kappa shape index (κ3) is 2.07. The van der Waals surface area contributed by atoms with Gasteiger partial charge in [0, 0.05) is 11.5 Å². The summed E-state index contributed by atoms with van der Waals surface area (Å²) in [7, 11) is 1.34. The number of carbonyl (C=O) groups excluding carboxylic acids is 1. The second-order valence-corrected chi connectivity index (χ2v) is 3.04. The van der Waals surface area contributed by atoms with Crippen molar-refractivity contribution in [1.29, 1.82) is 0 Å². The van der Waals surface area contributed by atoms with Gasteiger partial charge in [-0.1, -0.05) is 18.2 Å². The Hall–Kier alpha value is -2.03. The molecule has 2 rings (SSSR count). The number of hydrogen-bond acceptors (Lipinski definition) is 3. The maximum absolute atomic E-state index is 10.8. The Morgan fingerprint density at radius 3 is 2.93 bits per heavy atom. The number of ether oxygens (including phenoxy) is 1. The molecular weight excluding hydrogens is 192 g/mol. The molecule has 0 aliphatic rings. The number of rotatable bonds is 2. The van der Waals surface area contributed by atoms with E-state index < -0.39 is 5.97 Å². The number of para-hydroxylation sites is 1. The van der Waals surface area contributed by atoms with E-state index in [1.54, 1.807) is 6.08 Å². The molecule has 0 radical (unpaired) electrons. The second-order valence-electron chi connectivity index (χ2n) is 3.04. The number of carbonyl (C=O) groups is 1. The van der Waals surface area contributed by atoms with Crippen LogP contribution in [0.15, 0.2) is 40.8 Å². The average molecular weight is 202 g/mol. The molecule has 0 aliphatic carbocycles. The molecule has 15 heavy (non-hydrogen) atoms. The SMILES string of the molecule is COC(=O)C=Cc1cc2ccccc2o1. The van der Waals surface area contributed by atoms with Crippen LogP contribution >= 0.6 is 0 Å². The van der Waals surface area contributed by atoms with Gasteiger partial charge in [-0.25, -0.2) is 4.79 Å². The molecule has 0 saturated carbocycles. The summed E-state index contributed by atoms with van der Waals surface area (Å²) in [6.07, 6.45) is 2.92. The Bertz CT molecular complexity index is 475. The normalized spacial score (nSPS) is 11.0. The molecule has 3 nitrogen and oxygen atoms in total. The molecule has 3 heteroatoms. The summed E-state index contributed by atoms with van der Waals surface area (Å²) in [4.78, 5) is 10.8. The molecule has 0 amide bonds. The van der Waals surface area contributed by atoms with Crippen molar-refractivity contribution in [3.05, 3.63) is 42.2 Å².